The van der Waals surface area contributed by atoms with E-state index in [-0.39, 0.29) is 29.9 Å². The fourth-order valence-electron chi connectivity index (χ4n) is 1.97. The minimum absolute atomic E-state index is 0.0309. The summed E-state index contributed by atoms with van der Waals surface area (Å²) in [6, 6.07) is -0.350. The maximum absolute atomic E-state index is 12.0. The Morgan fingerprint density at radius 1 is 1.52 bits per heavy atom. The van der Waals surface area contributed by atoms with Crippen molar-refractivity contribution in [1.29, 1.82) is 0 Å². The van der Waals surface area contributed by atoms with Gasteiger partial charge in [-0.15, -0.1) is 11.3 Å². The van der Waals surface area contributed by atoms with Gasteiger partial charge in [-0.1, -0.05) is 0 Å². The third-order valence-corrected chi connectivity index (χ3v) is 4.12. The van der Waals surface area contributed by atoms with Crippen LogP contribution in [0.4, 0.5) is 4.79 Å². The maximum atomic E-state index is 12.0. The Morgan fingerprint density at radius 3 is 2.95 bits per heavy atom. The highest BCUT2D eigenvalue weighted by Gasteiger charge is 2.20. The number of carboxylic acid groups (broad SMARTS) is 1. The van der Waals surface area contributed by atoms with Crippen LogP contribution in [-0.4, -0.2) is 52.5 Å². The van der Waals surface area contributed by atoms with E-state index in [0.29, 0.717) is 30.2 Å². The van der Waals surface area contributed by atoms with E-state index in [1.165, 1.54) is 4.90 Å². The second-order valence-corrected chi connectivity index (χ2v) is 5.69. The van der Waals surface area contributed by atoms with Crippen molar-refractivity contribution in [2.45, 2.75) is 19.9 Å². The van der Waals surface area contributed by atoms with Crippen LogP contribution in [0.2, 0.25) is 0 Å². The average molecular weight is 312 g/mol. The average Bonchev–Trinajstić information content (AvgIpc) is 2.66. The van der Waals surface area contributed by atoms with Gasteiger partial charge in [0, 0.05) is 13.1 Å². The predicted octanol–water partition coefficient (Wildman–Crippen LogP) is 0.181. The van der Waals surface area contributed by atoms with Gasteiger partial charge in [0.25, 0.3) is 0 Å². The molecular weight excluding hydrogens is 296 g/mol. The first-order valence-corrected chi connectivity index (χ1v) is 7.28. The van der Waals surface area contributed by atoms with E-state index in [0.717, 1.165) is 11.3 Å². The number of hydrogen-bond acceptors (Lipinski definition) is 5. The summed E-state index contributed by atoms with van der Waals surface area (Å²) >= 11 is 1.04. The molecule has 2 rings (SSSR count). The second kappa shape index (κ2) is 6.53. The molecule has 0 bridgehead atoms. The van der Waals surface area contributed by atoms with Crippen LogP contribution in [0, 0.1) is 6.92 Å². The van der Waals surface area contributed by atoms with Crippen LogP contribution in [0.3, 0.4) is 0 Å². The third-order valence-electron chi connectivity index (χ3n) is 2.97. The first-order valence-electron chi connectivity index (χ1n) is 6.46. The Bertz CT molecular complexity index is 572. The minimum atomic E-state index is -1.02. The number of thiazole rings is 1. The van der Waals surface area contributed by atoms with Gasteiger partial charge >= 0.3 is 12.0 Å². The van der Waals surface area contributed by atoms with E-state index in [4.69, 9.17) is 5.11 Å². The number of nitrogens with zero attached hydrogens (tertiary/aromatic N) is 2. The Labute approximate surface area is 125 Å². The van der Waals surface area contributed by atoms with Crippen LogP contribution >= 0.6 is 11.3 Å². The molecule has 0 saturated carbocycles. The zero-order valence-corrected chi connectivity index (χ0v) is 12.3. The van der Waals surface area contributed by atoms with E-state index < -0.39 is 5.97 Å². The number of amides is 3. The first-order chi connectivity index (χ1) is 9.97. The molecule has 1 aromatic rings. The number of carbonyl (C=O) groups is 3. The SMILES string of the molecule is Cc1nc(CNC(=O)N2CCCNC(=O)C2)sc1C(=O)O. The third kappa shape index (κ3) is 3.91. The van der Waals surface area contributed by atoms with E-state index in [9.17, 15) is 14.4 Å². The largest absolute Gasteiger partial charge is 0.477 e. The molecule has 0 aliphatic carbocycles. The number of aryl methyl sites for hydroxylation is 1. The molecule has 3 N–H and O–H groups in total. The fraction of sp³-hybridized carbons (Fsp3) is 0.500. The number of carbonyl (C=O) groups excluding carboxylic acids is 2. The summed E-state index contributed by atoms with van der Waals surface area (Å²) < 4.78 is 0. The van der Waals surface area contributed by atoms with Crippen molar-refractivity contribution < 1.29 is 19.5 Å². The van der Waals surface area contributed by atoms with Gasteiger partial charge < -0.3 is 20.6 Å². The number of aromatic carboxylic acids is 1. The second-order valence-electron chi connectivity index (χ2n) is 4.61. The smallest absolute Gasteiger partial charge is 0.347 e. The fourth-order valence-corrected chi connectivity index (χ4v) is 2.81. The van der Waals surface area contributed by atoms with Crippen molar-refractivity contribution in [3.63, 3.8) is 0 Å². The zero-order chi connectivity index (χ0) is 15.4. The van der Waals surface area contributed by atoms with Crippen LogP contribution in [-0.2, 0) is 11.3 Å². The number of hydrogen-bond donors (Lipinski definition) is 3. The van der Waals surface area contributed by atoms with Gasteiger partial charge in [-0.05, 0) is 13.3 Å². The van der Waals surface area contributed by atoms with Crippen LogP contribution < -0.4 is 10.6 Å². The highest BCUT2D eigenvalue weighted by molar-refractivity contribution is 7.13. The lowest BCUT2D eigenvalue weighted by Crippen LogP contribution is -2.43. The molecule has 9 heteroatoms. The van der Waals surface area contributed by atoms with Crippen LogP contribution in [0.25, 0.3) is 0 Å². The molecule has 1 aliphatic rings. The molecule has 1 aliphatic heterocycles. The summed E-state index contributed by atoms with van der Waals surface area (Å²) in [5.74, 6) is -1.20. The number of rotatable bonds is 3. The van der Waals surface area contributed by atoms with Crippen LogP contribution in [0.1, 0.15) is 26.8 Å². The van der Waals surface area contributed by atoms with E-state index in [1.807, 2.05) is 0 Å². The Hall–Kier alpha value is -2.16. The van der Waals surface area contributed by atoms with Gasteiger partial charge in [0.05, 0.1) is 12.2 Å². The van der Waals surface area contributed by atoms with Gasteiger partial charge in [0.1, 0.15) is 16.4 Å². The summed E-state index contributed by atoms with van der Waals surface area (Å²) in [5.41, 5.74) is 0.436. The highest BCUT2D eigenvalue weighted by Crippen LogP contribution is 2.17. The Kier molecular flexibility index (Phi) is 4.73. The van der Waals surface area contributed by atoms with Crippen LogP contribution in [0.15, 0.2) is 0 Å². The number of nitrogens with one attached hydrogen (secondary N) is 2. The van der Waals surface area contributed by atoms with E-state index >= 15 is 0 Å². The van der Waals surface area contributed by atoms with Crippen molar-refractivity contribution in [3.8, 4) is 0 Å². The number of urea groups is 1. The number of carboxylic acids is 1. The molecule has 0 aromatic carbocycles. The molecule has 1 saturated heterocycles. The maximum Gasteiger partial charge on any atom is 0.347 e. The zero-order valence-electron chi connectivity index (χ0n) is 11.5. The standard InChI is InChI=1S/C12H16N4O4S/c1-7-10(11(18)19)21-9(15-7)5-14-12(20)16-4-2-3-13-8(17)6-16/h2-6H2,1H3,(H,13,17)(H,14,20)(H,18,19). The topological polar surface area (TPSA) is 112 Å². The first kappa shape index (κ1) is 15.2. The van der Waals surface area contributed by atoms with Crippen molar-refractivity contribution in [2.75, 3.05) is 19.6 Å². The minimum Gasteiger partial charge on any atom is -0.477 e. The lowest BCUT2D eigenvalue weighted by atomic mass is 10.4. The van der Waals surface area contributed by atoms with Gasteiger partial charge in [-0.3, -0.25) is 4.79 Å². The molecule has 0 radical (unpaired) electrons. The molecule has 21 heavy (non-hydrogen) atoms. The van der Waals surface area contributed by atoms with Gasteiger partial charge in [-0.2, -0.15) is 0 Å². The molecule has 8 nitrogen and oxygen atoms in total. The quantitative estimate of drug-likeness (QED) is 0.737. The summed E-state index contributed by atoms with van der Waals surface area (Å²) in [6.45, 7) is 2.86. The molecule has 0 unspecified atom stereocenters. The summed E-state index contributed by atoms with van der Waals surface area (Å²) in [6.07, 6.45) is 0.707. The molecule has 3 amide bonds. The lowest BCUT2D eigenvalue weighted by molar-refractivity contribution is -0.121. The Balaban J connectivity index is 1.92. The molecule has 0 spiro atoms. The summed E-state index contributed by atoms with van der Waals surface area (Å²) in [7, 11) is 0. The van der Waals surface area contributed by atoms with E-state index in [1.54, 1.807) is 6.92 Å². The molecule has 2 heterocycles. The molecule has 1 aromatic heterocycles. The van der Waals surface area contributed by atoms with Gasteiger partial charge in [0.2, 0.25) is 5.91 Å². The van der Waals surface area contributed by atoms with Gasteiger partial charge in [0.15, 0.2) is 0 Å². The molecule has 114 valence electrons. The van der Waals surface area contributed by atoms with Crippen molar-refractivity contribution in [3.05, 3.63) is 15.6 Å². The predicted molar refractivity (Wildman–Crippen MR) is 75.2 cm³/mol. The van der Waals surface area contributed by atoms with Crippen molar-refractivity contribution in [1.82, 2.24) is 20.5 Å². The molecular formula is C12H16N4O4S. The van der Waals surface area contributed by atoms with Gasteiger partial charge in [-0.25, -0.2) is 14.6 Å². The van der Waals surface area contributed by atoms with Crippen LogP contribution in [0.5, 0.6) is 0 Å². The number of aromatic nitrogens is 1. The Morgan fingerprint density at radius 2 is 2.29 bits per heavy atom. The normalized spacial score (nSPS) is 15.3. The highest BCUT2D eigenvalue weighted by atomic mass is 32.1. The monoisotopic (exact) mass is 312 g/mol. The van der Waals surface area contributed by atoms with Crippen molar-refractivity contribution >= 4 is 29.2 Å². The molecule has 0 atom stereocenters. The van der Waals surface area contributed by atoms with E-state index in [2.05, 4.69) is 15.6 Å². The lowest BCUT2D eigenvalue weighted by Gasteiger charge is -2.19. The summed E-state index contributed by atoms with van der Waals surface area (Å²) in [5, 5.41) is 14.8. The molecule has 1 fully saturated rings. The summed E-state index contributed by atoms with van der Waals surface area (Å²) in [4.78, 5) is 40.0. The van der Waals surface area contributed by atoms with Crippen molar-refractivity contribution in [2.24, 2.45) is 0 Å².